The maximum absolute atomic E-state index is 11.7. The van der Waals surface area contributed by atoms with Crippen LogP contribution in [0.15, 0.2) is 12.7 Å². The van der Waals surface area contributed by atoms with Crippen molar-refractivity contribution in [3.63, 3.8) is 0 Å². The molecule has 0 aliphatic rings. The predicted molar refractivity (Wildman–Crippen MR) is 58.9 cm³/mol. The second-order valence-electron chi connectivity index (χ2n) is 3.55. The lowest BCUT2D eigenvalue weighted by molar-refractivity contribution is -0.141. The van der Waals surface area contributed by atoms with Gasteiger partial charge in [-0.3, -0.25) is 14.3 Å². The Morgan fingerprint density at radius 2 is 2.18 bits per heavy atom. The van der Waals surface area contributed by atoms with Crippen molar-refractivity contribution in [1.82, 2.24) is 19.7 Å². The van der Waals surface area contributed by atoms with E-state index in [1.54, 1.807) is 18.1 Å². The van der Waals surface area contributed by atoms with E-state index in [0.717, 1.165) is 0 Å². The van der Waals surface area contributed by atoms with Crippen molar-refractivity contribution < 1.29 is 14.3 Å². The van der Waals surface area contributed by atoms with Crippen LogP contribution in [0.4, 0.5) is 0 Å². The summed E-state index contributed by atoms with van der Waals surface area (Å²) in [5.74, 6) is -0.356. The van der Waals surface area contributed by atoms with E-state index >= 15 is 0 Å². The van der Waals surface area contributed by atoms with Crippen molar-refractivity contribution in [3.05, 3.63) is 12.7 Å². The zero-order chi connectivity index (χ0) is 12.7. The van der Waals surface area contributed by atoms with Crippen LogP contribution in [0.3, 0.4) is 0 Å². The van der Waals surface area contributed by atoms with Crippen LogP contribution in [0.5, 0.6) is 0 Å². The fourth-order valence-electron chi connectivity index (χ4n) is 1.24. The first-order valence-corrected chi connectivity index (χ1v) is 5.26. The molecule has 1 aromatic heterocycles. The Kier molecular flexibility index (Phi) is 5.12. The molecular weight excluding hydrogens is 224 g/mol. The first kappa shape index (κ1) is 13.1. The summed E-state index contributed by atoms with van der Waals surface area (Å²) in [5.41, 5.74) is 0. The first-order valence-electron chi connectivity index (χ1n) is 5.26. The van der Waals surface area contributed by atoms with Crippen LogP contribution in [0, 0.1) is 0 Å². The summed E-state index contributed by atoms with van der Waals surface area (Å²) >= 11 is 0. The summed E-state index contributed by atoms with van der Waals surface area (Å²) in [7, 11) is 2.99. The molecule has 0 unspecified atom stereocenters. The average molecular weight is 240 g/mol. The predicted octanol–water partition coefficient (Wildman–Crippen LogP) is -0.310. The fraction of sp³-hybridized carbons (Fsp3) is 0.600. The number of amides is 1. The van der Waals surface area contributed by atoms with E-state index in [1.165, 1.54) is 18.3 Å². The number of rotatable bonds is 6. The summed E-state index contributed by atoms with van der Waals surface area (Å²) in [5, 5.41) is 3.90. The van der Waals surface area contributed by atoms with Crippen LogP contribution in [-0.2, 0) is 20.9 Å². The van der Waals surface area contributed by atoms with E-state index in [0.29, 0.717) is 19.5 Å². The molecule has 0 N–H and O–H groups in total. The lowest BCUT2D eigenvalue weighted by Crippen LogP contribution is -2.30. The van der Waals surface area contributed by atoms with E-state index in [4.69, 9.17) is 0 Å². The molecule has 7 nitrogen and oxygen atoms in total. The van der Waals surface area contributed by atoms with Crippen molar-refractivity contribution >= 4 is 11.9 Å². The van der Waals surface area contributed by atoms with Gasteiger partial charge in [-0.2, -0.15) is 5.10 Å². The molecule has 0 atom stereocenters. The number of aromatic nitrogens is 3. The standard InChI is InChI=1S/C10H16N4O3/c1-13(5-4-10(16)17-2)9(15)3-6-14-8-11-7-12-14/h7-8H,3-6H2,1-2H3. The van der Waals surface area contributed by atoms with Gasteiger partial charge in [0.2, 0.25) is 5.91 Å². The van der Waals surface area contributed by atoms with Crippen molar-refractivity contribution in [3.8, 4) is 0 Å². The summed E-state index contributed by atoms with van der Waals surface area (Å²) in [4.78, 5) is 27.8. The number of ether oxygens (including phenoxy) is 1. The Morgan fingerprint density at radius 3 is 2.76 bits per heavy atom. The van der Waals surface area contributed by atoms with Crippen molar-refractivity contribution in [1.29, 1.82) is 0 Å². The summed E-state index contributed by atoms with van der Waals surface area (Å²) in [6.45, 7) is 0.851. The van der Waals surface area contributed by atoms with Gasteiger partial charge < -0.3 is 9.64 Å². The van der Waals surface area contributed by atoms with Crippen molar-refractivity contribution in [2.45, 2.75) is 19.4 Å². The zero-order valence-corrected chi connectivity index (χ0v) is 10.00. The third kappa shape index (κ3) is 4.62. The highest BCUT2D eigenvalue weighted by Gasteiger charge is 2.10. The first-order chi connectivity index (χ1) is 8.13. The van der Waals surface area contributed by atoms with E-state index in [2.05, 4.69) is 14.8 Å². The quantitative estimate of drug-likeness (QED) is 0.637. The number of carbonyl (C=O) groups excluding carboxylic acids is 2. The normalized spacial score (nSPS) is 10.0. The Bertz CT molecular complexity index is 364. The van der Waals surface area contributed by atoms with Gasteiger partial charge >= 0.3 is 5.97 Å². The fourth-order valence-corrected chi connectivity index (χ4v) is 1.24. The van der Waals surface area contributed by atoms with Gasteiger partial charge in [-0.1, -0.05) is 0 Å². The summed E-state index contributed by atoms with van der Waals surface area (Å²) < 4.78 is 6.09. The molecule has 1 amide bonds. The van der Waals surface area contributed by atoms with E-state index in [1.807, 2.05) is 0 Å². The SMILES string of the molecule is COC(=O)CCN(C)C(=O)CCn1cncn1. The lowest BCUT2D eigenvalue weighted by Gasteiger charge is -2.16. The van der Waals surface area contributed by atoms with Crippen molar-refractivity contribution in [2.24, 2.45) is 0 Å². The van der Waals surface area contributed by atoms with Crippen LogP contribution in [0.2, 0.25) is 0 Å². The summed E-state index contributed by atoms with van der Waals surface area (Å²) in [6, 6.07) is 0. The van der Waals surface area contributed by atoms with Gasteiger partial charge in [0.25, 0.3) is 0 Å². The Balaban J connectivity index is 2.24. The average Bonchev–Trinajstić information content (AvgIpc) is 2.85. The highest BCUT2D eigenvalue weighted by Crippen LogP contribution is 1.96. The smallest absolute Gasteiger partial charge is 0.307 e. The van der Waals surface area contributed by atoms with E-state index in [-0.39, 0.29) is 18.3 Å². The number of hydrogen-bond acceptors (Lipinski definition) is 5. The van der Waals surface area contributed by atoms with Gasteiger partial charge in [0.05, 0.1) is 20.1 Å². The monoisotopic (exact) mass is 240 g/mol. The Morgan fingerprint density at radius 1 is 1.41 bits per heavy atom. The van der Waals surface area contributed by atoms with Crippen LogP contribution in [0.25, 0.3) is 0 Å². The highest BCUT2D eigenvalue weighted by atomic mass is 16.5. The topological polar surface area (TPSA) is 77.3 Å². The van der Waals surface area contributed by atoms with Gasteiger partial charge in [-0.05, 0) is 0 Å². The molecule has 0 spiro atoms. The highest BCUT2D eigenvalue weighted by molar-refractivity contribution is 5.76. The third-order valence-corrected chi connectivity index (χ3v) is 2.33. The number of carbonyl (C=O) groups is 2. The summed E-state index contributed by atoms with van der Waals surface area (Å²) in [6.07, 6.45) is 3.52. The molecule has 0 saturated carbocycles. The van der Waals surface area contributed by atoms with Gasteiger partial charge in [0.1, 0.15) is 12.7 Å². The minimum atomic E-state index is -0.319. The minimum absolute atomic E-state index is 0.0376. The van der Waals surface area contributed by atoms with Crippen LogP contribution < -0.4 is 0 Å². The van der Waals surface area contributed by atoms with Gasteiger partial charge in [0, 0.05) is 20.0 Å². The van der Waals surface area contributed by atoms with Gasteiger partial charge in [-0.25, -0.2) is 4.98 Å². The molecule has 1 heterocycles. The van der Waals surface area contributed by atoms with E-state index < -0.39 is 0 Å². The molecule has 1 rings (SSSR count). The molecule has 0 aliphatic heterocycles. The van der Waals surface area contributed by atoms with Gasteiger partial charge in [0.15, 0.2) is 0 Å². The zero-order valence-electron chi connectivity index (χ0n) is 10.00. The van der Waals surface area contributed by atoms with Crippen LogP contribution in [-0.4, -0.2) is 52.2 Å². The molecule has 0 radical (unpaired) electrons. The van der Waals surface area contributed by atoms with Crippen molar-refractivity contribution in [2.75, 3.05) is 20.7 Å². The second kappa shape index (κ2) is 6.62. The minimum Gasteiger partial charge on any atom is -0.469 e. The number of esters is 1. The maximum Gasteiger partial charge on any atom is 0.307 e. The molecule has 0 aromatic carbocycles. The molecule has 0 fully saturated rings. The number of nitrogens with zero attached hydrogens (tertiary/aromatic N) is 4. The molecule has 17 heavy (non-hydrogen) atoms. The number of aryl methyl sites for hydroxylation is 1. The second-order valence-corrected chi connectivity index (χ2v) is 3.55. The molecule has 7 heteroatoms. The Labute approximate surface area is 99.4 Å². The lowest BCUT2D eigenvalue weighted by atomic mass is 10.3. The van der Waals surface area contributed by atoms with Crippen LogP contribution >= 0.6 is 0 Å². The molecule has 1 aromatic rings. The Hall–Kier alpha value is -1.92. The maximum atomic E-state index is 11.7. The molecule has 0 aliphatic carbocycles. The molecule has 0 bridgehead atoms. The molecule has 94 valence electrons. The van der Waals surface area contributed by atoms with Gasteiger partial charge in [-0.15, -0.1) is 0 Å². The third-order valence-electron chi connectivity index (χ3n) is 2.33. The molecule has 0 saturated heterocycles. The molecular formula is C10H16N4O3. The van der Waals surface area contributed by atoms with Crippen LogP contribution in [0.1, 0.15) is 12.8 Å². The largest absolute Gasteiger partial charge is 0.469 e. The van der Waals surface area contributed by atoms with E-state index in [9.17, 15) is 9.59 Å². The number of methoxy groups -OCH3 is 1. The number of hydrogen-bond donors (Lipinski definition) is 0.